The van der Waals surface area contributed by atoms with Gasteiger partial charge >= 0.3 is 12.2 Å². The number of benzene rings is 4. The highest BCUT2D eigenvalue weighted by molar-refractivity contribution is 6.30. The van der Waals surface area contributed by atoms with Crippen molar-refractivity contribution in [1.29, 1.82) is 0 Å². The van der Waals surface area contributed by atoms with Crippen LogP contribution >= 0.6 is 23.2 Å². The monoisotopic (exact) mass is 1150 g/mol. The molecular formula is C54H50Cl2F6N10O8. The van der Waals surface area contributed by atoms with Gasteiger partial charge in [0.2, 0.25) is 23.6 Å². The minimum Gasteiger partial charge on any atom is -0.453 e. The van der Waals surface area contributed by atoms with Crippen LogP contribution in [0.1, 0.15) is 72.6 Å². The molecule has 2 atom stereocenters. The van der Waals surface area contributed by atoms with Crippen LogP contribution in [0.2, 0.25) is 10.0 Å². The number of ether oxygens (including phenoxy) is 2. The van der Waals surface area contributed by atoms with Crippen molar-refractivity contribution in [3.8, 4) is 22.9 Å². The van der Waals surface area contributed by atoms with Gasteiger partial charge in [-0.1, -0.05) is 47.5 Å². The third-order valence-corrected chi connectivity index (χ3v) is 16.4. The van der Waals surface area contributed by atoms with E-state index in [1.165, 1.54) is 14.2 Å². The second kappa shape index (κ2) is 20.4. The van der Waals surface area contributed by atoms with Gasteiger partial charge in [-0.25, -0.2) is 35.9 Å². The molecule has 80 heavy (non-hydrogen) atoms. The number of hydrogen-bond donors (Lipinski definition) is 2. The molecule has 420 valence electrons. The zero-order chi connectivity index (χ0) is 56.8. The number of hydrogen-bond acceptors (Lipinski definition) is 14. The highest BCUT2D eigenvalue weighted by Gasteiger charge is 2.57. The van der Waals surface area contributed by atoms with E-state index >= 15 is 26.3 Å². The van der Waals surface area contributed by atoms with Crippen molar-refractivity contribution in [1.82, 2.24) is 30.2 Å². The summed E-state index contributed by atoms with van der Waals surface area (Å²) >= 11 is 11.9. The molecule has 0 spiro atoms. The SMILES string of the molecule is COC(=O)N1CC2CC(c3nnc(-c4cc5c(cc4F)C(F)(F)CC(N)C(=O)N5Cc4ccc(Cl)cc4)o3)(C2)C1.COC(=O)N1CC2CC(c3nnc(-c4cc5c(cc4F)C(F)(F)C[C@@H](N)C(=O)N5Cc4ccc(Cl)cc4)o3)(C2)C1. The summed E-state index contributed by atoms with van der Waals surface area (Å²) in [5, 5.41) is 17.3. The number of aromatic nitrogens is 4. The molecule has 4 amide bonds. The van der Waals surface area contributed by atoms with Crippen LogP contribution in [0.15, 0.2) is 81.6 Å². The number of rotatable bonds is 8. The number of carbonyl (C=O) groups is 4. The number of piperidine rings is 4. The number of fused-ring (bicyclic) bond motifs is 6. The third-order valence-electron chi connectivity index (χ3n) is 15.9. The Kier molecular flexibility index (Phi) is 13.9. The zero-order valence-corrected chi connectivity index (χ0v) is 44.3. The van der Waals surface area contributed by atoms with Crippen LogP contribution in [0, 0.1) is 23.5 Å². The number of alkyl halides is 4. The number of halogens is 8. The Balaban J connectivity index is 0.000000169. The molecule has 4 aromatic carbocycles. The highest BCUT2D eigenvalue weighted by atomic mass is 35.5. The van der Waals surface area contributed by atoms with Crippen LogP contribution in [-0.4, -0.2) is 107 Å². The lowest BCUT2D eigenvalue weighted by molar-refractivity contribution is -0.122. The summed E-state index contributed by atoms with van der Waals surface area (Å²) in [6, 6.07) is 13.7. The molecule has 4 N–H and O–H groups in total. The van der Waals surface area contributed by atoms with Gasteiger partial charge in [0.1, 0.15) is 11.6 Å². The lowest BCUT2D eigenvalue weighted by Crippen LogP contribution is -2.60. The second-order valence-corrected chi connectivity index (χ2v) is 22.3. The second-order valence-electron chi connectivity index (χ2n) is 21.5. The zero-order valence-electron chi connectivity index (χ0n) is 42.7. The van der Waals surface area contributed by atoms with Crippen molar-refractivity contribution in [3.63, 3.8) is 0 Å². The van der Waals surface area contributed by atoms with E-state index in [4.69, 9.17) is 53.0 Å². The maximum Gasteiger partial charge on any atom is 0.409 e. The van der Waals surface area contributed by atoms with Crippen LogP contribution in [0.4, 0.5) is 47.3 Å². The lowest BCUT2D eigenvalue weighted by atomic mass is 9.58. The molecule has 4 bridgehead atoms. The molecular weight excluding hydrogens is 1100 g/mol. The predicted octanol–water partition coefficient (Wildman–Crippen LogP) is 9.23. The summed E-state index contributed by atoms with van der Waals surface area (Å²) in [5.41, 5.74) is 9.58. The van der Waals surface area contributed by atoms with Crippen LogP contribution in [-0.2, 0) is 54.8 Å². The van der Waals surface area contributed by atoms with E-state index in [2.05, 4.69) is 20.4 Å². The number of amides is 4. The van der Waals surface area contributed by atoms with Gasteiger partial charge in [-0.3, -0.25) is 9.59 Å². The van der Waals surface area contributed by atoms with E-state index in [1.807, 2.05) is 0 Å². The normalized spacial score (nSPS) is 25.2. The summed E-state index contributed by atoms with van der Waals surface area (Å²) in [6.07, 6.45) is -0.0285. The fourth-order valence-electron chi connectivity index (χ4n) is 12.1. The van der Waals surface area contributed by atoms with Gasteiger partial charge in [-0.15, -0.1) is 20.4 Å². The minimum atomic E-state index is -3.57. The van der Waals surface area contributed by atoms with Gasteiger partial charge in [0, 0.05) is 60.2 Å². The highest BCUT2D eigenvalue weighted by Crippen LogP contribution is 2.54. The maximum absolute atomic E-state index is 15.4. The van der Waals surface area contributed by atoms with Gasteiger partial charge in [-0.05, 0) is 97.2 Å². The summed E-state index contributed by atoms with van der Waals surface area (Å²) in [7, 11) is 2.61. The summed E-state index contributed by atoms with van der Waals surface area (Å²) in [5.74, 6) is -10.1. The van der Waals surface area contributed by atoms with Crippen LogP contribution in [0.5, 0.6) is 0 Å². The minimum absolute atomic E-state index is 0.0964. The summed E-state index contributed by atoms with van der Waals surface area (Å²) in [4.78, 5) is 56.0. The smallest absolute Gasteiger partial charge is 0.409 e. The standard InChI is InChI=1S/2C27H25ClF3N5O4/c2*1-39-25(38)35-11-15-8-26(9-15,13-35)24-34-33-22(40-24)17-6-21-18(7-19(17)29)27(30,31)10-20(32)23(37)36(21)12-14-2-4-16(28)5-3-14/h2*2-7,15,20H,8-13,32H2,1H3/t15?,20-,26?;/m1./s1. The average molecular weight is 1150 g/mol. The topological polar surface area (TPSA) is 230 Å². The Hall–Kier alpha value is -7.28. The number of anilines is 2. The van der Waals surface area contributed by atoms with Crippen molar-refractivity contribution in [2.24, 2.45) is 23.3 Å². The lowest BCUT2D eigenvalue weighted by Gasteiger charge is -2.53. The molecule has 14 rings (SSSR count). The fourth-order valence-corrected chi connectivity index (χ4v) is 12.4. The summed E-state index contributed by atoms with van der Waals surface area (Å²) < 4.78 is 113. The Morgan fingerprint density at radius 3 is 1.31 bits per heavy atom. The third kappa shape index (κ3) is 9.86. The van der Waals surface area contributed by atoms with Crippen molar-refractivity contribution in [2.75, 3.05) is 50.2 Å². The van der Waals surface area contributed by atoms with E-state index in [0.29, 0.717) is 85.2 Å². The maximum atomic E-state index is 15.4. The van der Waals surface area contributed by atoms with Crippen molar-refractivity contribution >= 4 is 58.6 Å². The molecule has 26 heteroatoms. The van der Waals surface area contributed by atoms with Crippen LogP contribution < -0.4 is 21.3 Å². The quantitative estimate of drug-likeness (QED) is 0.135. The van der Waals surface area contributed by atoms with Crippen molar-refractivity contribution < 1.29 is 63.8 Å². The molecule has 6 aromatic rings. The van der Waals surface area contributed by atoms with E-state index in [9.17, 15) is 19.2 Å². The number of carbonyl (C=O) groups excluding carboxylic acids is 4. The van der Waals surface area contributed by atoms with Crippen molar-refractivity contribution in [3.05, 3.63) is 129 Å². The first-order valence-corrected chi connectivity index (χ1v) is 26.2. The summed E-state index contributed by atoms with van der Waals surface area (Å²) in [6.45, 7) is 1.53. The Morgan fingerprint density at radius 2 is 0.963 bits per heavy atom. The molecule has 2 aromatic heterocycles. The van der Waals surface area contributed by atoms with Gasteiger partial charge in [0.15, 0.2) is 0 Å². The van der Waals surface area contributed by atoms with E-state index < -0.39 is 94.4 Å². The molecule has 6 aliphatic heterocycles. The van der Waals surface area contributed by atoms with Gasteiger partial charge in [-0.2, -0.15) is 0 Å². The predicted molar refractivity (Wildman–Crippen MR) is 274 cm³/mol. The Bertz CT molecular complexity index is 3210. The van der Waals surface area contributed by atoms with E-state index in [0.717, 1.165) is 21.9 Å². The molecule has 18 nitrogen and oxygen atoms in total. The van der Waals surface area contributed by atoms with Gasteiger partial charge < -0.3 is 49.4 Å². The van der Waals surface area contributed by atoms with Gasteiger partial charge in [0.25, 0.3) is 23.6 Å². The number of nitrogens with two attached hydrogens (primary N) is 2. The molecule has 2 aliphatic carbocycles. The van der Waals surface area contributed by atoms with E-state index in [-0.39, 0.29) is 71.0 Å². The fraction of sp³-hybridized carbons (Fsp3) is 0.407. The van der Waals surface area contributed by atoms with Gasteiger partial charge in [0.05, 0.1) is 72.7 Å². The number of methoxy groups -OCH3 is 2. The molecule has 8 aliphatic rings. The average Bonchev–Trinajstić information content (AvgIpc) is 4.12. The molecule has 4 saturated heterocycles. The molecule has 8 heterocycles. The molecule has 0 radical (unpaired) electrons. The first-order valence-electron chi connectivity index (χ1n) is 25.4. The van der Waals surface area contributed by atoms with Crippen molar-refractivity contribution in [2.45, 2.75) is 86.4 Å². The van der Waals surface area contributed by atoms with E-state index in [1.54, 1.807) is 58.3 Å². The first kappa shape index (κ1) is 54.7. The molecule has 2 saturated carbocycles. The largest absolute Gasteiger partial charge is 0.453 e. The molecule has 1 unspecified atom stereocenters. The molecule has 6 fully saturated rings. The Morgan fingerprint density at radius 1 is 0.600 bits per heavy atom. The van der Waals surface area contributed by atoms with Crippen LogP contribution in [0.25, 0.3) is 22.9 Å². The number of nitrogens with zero attached hydrogens (tertiary/aromatic N) is 8. The Labute approximate surface area is 462 Å². The first-order chi connectivity index (χ1) is 38.0. The van der Waals surface area contributed by atoms with Crippen LogP contribution in [0.3, 0.4) is 0 Å².